The molecular weight excluding hydrogens is 466 g/mol. The van der Waals surface area contributed by atoms with E-state index in [1.165, 1.54) is 87.4 Å². The number of halogens is 1. The number of fused-ring (bicyclic) bond motifs is 1. The minimum absolute atomic E-state index is 0.0527. The molecule has 6 aliphatic rings. The zero-order valence-electron chi connectivity index (χ0n) is 21.5. The number of hydrogen-bond acceptors (Lipinski definition) is 2. The summed E-state index contributed by atoms with van der Waals surface area (Å²) in [5, 5.41) is 9.69. The fraction of sp³-hybridized carbons (Fsp3) is 0.677. The fourth-order valence-electron chi connectivity index (χ4n) is 9.21. The molecule has 36 heavy (non-hydrogen) atoms. The predicted octanol–water partition coefficient (Wildman–Crippen LogP) is 7.40. The Hall–Kier alpha value is -1.81. The van der Waals surface area contributed by atoms with Crippen LogP contribution in [0.3, 0.4) is 0 Å². The Labute approximate surface area is 220 Å². The molecule has 0 radical (unpaired) electrons. The van der Waals surface area contributed by atoms with Crippen LogP contribution >= 0.6 is 11.6 Å². The number of nitrogens with zero attached hydrogens (tertiary/aromatic N) is 2. The lowest BCUT2D eigenvalue weighted by Gasteiger charge is -2.33. The van der Waals surface area contributed by atoms with Gasteiger partial charge in [-0.15, -0.1) is 0 Å². The number of carbonyl (C=O) groups excluding carboxylic acids is 1. The maximum atomic E-state index is 14.0. The number of aromatic nitrogens is 2. The van der Waals surface area contributed by atoms with Crippen LogP contribution in [0.15, 0.2) is 24.3 Å². The molecule has 8 rings (SSSR count). The lowest BCUT2D eigenvalue weighted by molar-refractivity contribution is 0.0867. The highest BCUT2D eigenvalue weighted by Crippen LogP contribution is 2.60. The molecule has 4 bridgehead atoms. The number of carbonyl (C=O) groups is 1. The molecule has 5 saturated carbocycles. The van der Waals surface area contributed by atoms with Crippen LogP contribution < -0.4 is 5.32 Å². The van der Waals surface area contributed by atoms with E-state index in [1.807, 2.05) is 6.07 Å². The molecule has 1 aromatic heterocycles. The molecule has 1 amide bonds. The van der Waals surface area contributed by atoms with Crippen molar-refractivity contribution < 1.29 is 4.79 Å². The lowest BCUT2D eigenvalue weighted by Crippen LogP contribution is -2.49. The van der Waals surface area contributed by atoms with Crippen molar-refractivity contribution in [1.29, 1.82) is 0 Å². The summed E-state index contributed by atoms with van der Waals surface area (Å²) >= 11 is 6.36. The minimum atomic E-state index is 0.0527. The summed E-state index contributed by atoms with van der Waals surface area (Å²) in [6.45, 7) is 0. The zero-order chi connectivity index (χ0) is 24.3. The van der Waals surface area contributed by atoms with E-state index < -0.39 is 0 Å². The third-order valence-electron chi connectivity index (χ3n) is 10.5. The van der Waals surface area contributed by atoms with Crippen LogP contribution in [0, 0.1) is 17.8 Å². The van der Waals surface area contributed by atoms with E-state index in [0.29, 0.717) is 17.9 Å². The van der Waals surface area contributed by atoms with E-state index in [4.69, 9.17) is 16.7 Å². The molecule has 2 aromatic rings. The van der Waals surface area contributed by atoms with Crippen LogP contribution in [0.25, 0.3) is 0 Å². The van der Waals surface area contributed by atoms with Crippen molar-refractivity contribution in [3.8, 4) is 0 Å². The van der Waals surface area contributed by atoms with E-state index in [-0.39, 0.29) is 11.4 Å². The molecule has 1 aromatic carbocycles. The highest BCUT2D eigenvalue weighted by molar-refractivity contribution is 6.30. The second-order valence-corrected chi connectivity index (χ2v) is 13.3. The van der Waals surface area contributed by atoms with Crippen molar-refractivity contribution in [2.24, 2.45) is 17.8 Å². The van der Waals surface area contributed by atoms with Crippen LogP contribution in [0.4, 0.5) is 0 Å². The molecule has 1 heterocycles. The average Bonchev–Trinajstić information content (AvgIpc) is 3.37. The maximum absolute atomic E-state index is 14.0. The highest BCUT2D eigenvalue weighted by Gasteiger charge is 2.58. The first-order valence-electron chi connectivity index (χ1n) is 14.8. The van der Waals surface area contributed by atoms with E-state index in [2.05, 4.69) is 28.2 Å². The van der Waals surface area contributed by atoms with Gasteiger partial charge in [0.15, 0.2) is 5.69 Å². The topological polar surface area (TPSA) is 46.9 Å². The van der Waals surface area contributed by atoms with Gasteiger partial charge in [-0.05, 0) is 106 Å². The van der Waals surface area contributed by atoms with Gasteiger partial charge in [0.05, 0.1) is 6.04 Å². The summed E-state index contributed by atoms with van der Waals surface area (Å²) in [4.78, 5) is 14.0. The van der Waals surface area contributed by atoms with Gasteiger partial charge in [0.1, 0.15) is 0 Å². The molecule has 5 fully saturated rings. The fourth-order valence-corrected chi connectivity index (χ4v) is 9.42. The standard InChI is InChI=1S/C31H40ClN3O/c32-25-9-6-7-20(17-25)14-23-8-4-5-12-27-28(34-35(29(23)27)26-10-2-1-3-11-26)30(36)33-31-18-21-13-22(19-31)16-24(31)15-21/h6-7,9,17,21-24,26H,1-5,8,10-16,18-19H2,(H,33,36). The van der Waals surface area contributed by atoms with Crippen molar-refractivity contribution in [1.82, 2.24) is 15.1 Å². The molecule has 6 aliphatic carbocycles. The summed E-state index contributed by atoms with van der Waals surface area (Å²) < 4.78 is 2.36. The van der Waals surface area contributed by atoms with Crippen molar-refractivity contribution >= 4 is 17.5 Å². The Bertz CT molecular complexity index is 1130. The summed E-state index contributed by atoms with van der Waals surface area (Å²) in [6.07, 6.45) is 18.2. The zero-order valence-corrected chi connectivity index (χ0v) is 22.2. The molecule has 0 saturated heterocycles. The van der Waals surface area contributed by atoms with E-state index in [1.54, 1.807) is 0 Å². The molecule has 5 heteroatoms. The Balaban J connectivity index is 1.25. The number of benzene rings is 1. The predicted molar refractivity (Wildman–Crippen MR) is 144 cm³/mol. The summed E-state index contributed by atoms with van der Waals surface area (Å²) in [7, 11) is 0. The van der Waals surface area contributed by atoms with Crippen LogP contribution in [-0.2, 0) is 12.8 Å². The second-order valence-electron chi connectivity index (χ2n) is 12.9. The Morgan fingerprint density at radius 2 is 1.81 bits per heavy atom. The summed E-state index contributed by atoms with van der Waals surface area (Å²) in [5.74, 6) is 2.88. The molecule has 3 unspecified atom stereocenters. The van der Waals surface area contributed by atoms with Crippen LogP contribution in [-0.4, -0.2) is 21.2 Å². The highest BCUT2D eigenvalue weighted by atomic mass is 35.5. The molecule has 1 N–H and O–H groups in total. The molecule has 3 atom stereocenters. The van der Waals surface area contributed by atoms with Crippen LogP contribution in [0.1, 0.15) is 123 Å². The third-order valence-corrected chi connectivity index (χ3v) is 10.8. The van der Waals surface area contributed by atoms with Crippen molar-refractivity contribution in [2.75, 3.05) is 0 Å². The smallest absolute Gasteiger partial charge is 0.272 e. The minimum Gasteiger partial charge on any atom is -0.345 e. The number of hydrogen-bond donors (Lipinski definition) is 1. The number of nitrogens with one attached hydrogen (secondary N) is 1. The largest absolute Gasteiger partial charge is 0.345 e. The van der Waals surface area contributed by atoms with Crippen molar-refractivity contribution in [3.63, 3.8) is 0 Å². The molecule has 0 spiro atoms. The van der Waals surface area contributed by atoms with Gasteiger partial charge in [0.2, 0.25) is 0 Å². The Kier molecular flexibility index (Phi) is 5.95. The van der Waals surface area contributed by atoms with Gasteiger partial charge in [-0.25, -0.2) is 0 Å². The molecular formula is C31H40ClN3O. The number of amides is 1. The molecule has 4 nitrogen and oxygen atoms in total. The number of rotatable bonds is 5. The third kappa shape index (κ3) is 4.03. The first-order valence-corrected chi connectivity index (χ1v) is 15.1. The maximum Gasteiger partial charge on any atom is 0.272 e. The van der Waals surface area contributed by atoms with Crippen molar-refractivity contribution in [2.45, 2.75) is 114 Å². The Morgan fingerprint density at radius 1 is 1.03 bits per heavy atom. The summed E-state index contributed by atoms with van der Waals surface area (Å²) in [5.41, 5.74) is 4.74. The lowest BCUT2D eigenvalue weighted by atomic mass is 9.80. The SMILES string of the molecule is O=C(NC12CC3CC(CC1C3)C2)c1nn(C2CCCCC2)c2c1CCCCC2Cc1cccc(Cl)c1. The average molecular weight is 506 g/mol. The first kappa shape index (κ1) is 23.3. The quantitative estimate of drug-likeness (QED) is 0.430. The first-order chi connectivity index (χ1) is 17.6. The Morgan fingerprint density at radius 3 is 2.58 bits per heavy atom. The van der Waals surface area contributed by atoms with Gasteiger partial charge in [0.25, 0.3) is 5.91 Å². The van der Waals surface area contributed by atoms with Crippen LogP contribution in [0.2, 0.25) is 5.02 Å². The van der Waals surface area contributed by atoms with Gasteiger partial charge in [-0.3, -0.25) is 9.48 Å². The monoisotopic (exact) mass is 505 g/mol. The summed E-state index contributed by atoms with van der Waals surface area (Å²) in [6, 6.07) is 8.78. The molecule has 192 valence electrons. The van der Waals surface area contributed by atoms with Crippen LogP contribution in [0.5, 0.6) is 0 Å². The van der Waals surface area contributed by atoms with Gasteiger partial charge >= 0.3 is 0 Å². The van der Waals surface area contributed by atoms with E-state index in [9.17, 15) is 4.79 Å². The van der Waals surface area contributed by atoms with Gasteiger partial charge in [0, 0.05) is 27.7 Å². The normalized spacial score (nSPS) is 33.5. The van der Waals surface area contributed by atoms with E-state index >= 15 is 0 Å². The van der Waals surface area contributed by atoms with Gasteiger partial charge in [-0.1, -0.05) is 49.4 Å². The van der Waals surface area contributed by atoms with Crippen molar-refractivity contribution in [3.05, 3.63) is 51.8 Å². The molecule has 0 aliphatic heterocycles. The van der Waals surface area contributed by atoms with E-state index in [0.717, 1.165) is 48.2 Å². The van der Waals surface area contributed by atoms with Gasteiger partial charge in [-0.2, -0.15) is 5.10 Å². The second kappa shape index (κ2) is 9.19. The van der Waals surface area contributed by atoms with Gasteiger partial charge < -0.3 is 5.32 Å².